The van der Waals surface area contributed by atoms with Crippen LogP contribution in [0.5, 0.6) is 0 Å². The Bertz CT molecular complexity index is 2760. The molecule has 9 aromatic carbocycles. The van der Waals surface area contributed by atoms with Crippen molar-refractivity contribution in [3.05, 3.63) is 153 Å². The summed E-state index contributed by atoms with van der Waals surface area (Å²) in [6.07, 6.45) is 0. The fraction of sp³-hybridized carbons (Fsp3) is 0. The average Bonchev–Trinajstić information content (AvgIpc) is 3.12. The maximum absolute atomic E-state index is 7.19. The van der Waals surface area contributed by atoms with Crippen molar-refractivity contribution < 1.29 is 8.83 Å². The molecule has 0 aliphatic heterocycles. The lowest BCUT2D eigenvalue weighted by molar-refractivity contribution is 0.656. The van der Waals surface area contributed by atoms with Gasteiger partial charge in [-0.2, -0.15) is 0 Å². The molecule has 2 heteroatoms. The zero-order valence-corrected chi connectivity index (χ0v) is 25.7. The van der Waals surface area contributed by atoms with Crippen molar-refractivity contribution in [1.29, 1.82) is 0 Å². The molecule has 2 heterocycles. The maximum Gasteiger partial charge on any atom is 0.144 e. The van der Waals surface area contributed by atoms with Crippen molar-refractivity contribution in [2.24, 2.45) is 0 Å². The van der Waals surface area contributed by atoms with Crippen LogP contribution in [0.25, 0.3) is 109 Å². The fourth-order valence-electron chi connectivity index (χ4n) is 8.09. The highest BCUT2D eigenvalue weighted by Gasteiger charge is 2.27. The Morgan fingerprint density at radius 2 is 0.681 bits per heavy atom. The molecule has 0 amide bonds. The van der Waals surface area contributed by atoms with Crippen LogP contribution >= 0.6 is 0 Å². The van der Waals surface area contributed by atoms with Gasteiger partial charge in [-0.25, -0.2) is 0 Å². The molecule has 0 saturated heterocycles. The maximum atomic E-state index is 7.19. The van der Waals surface area contributed by atoms with Gasteiger partial charge in [0, 0.05) is 43.4 Å². The molecule has 11 rings (SSSR count). The molecular weight excluding hydrogens is 572 g/mol. The van der Waals surface area contributed by atoms with Gasteiger partial charge in [-0.15, -0.1) is 0 Å². The Morgan fingerprint density at radius 3 is 1.09 bits per heavy atom. The van der Waals surface area contributed by atoms with Crippen molar-refractivity contribution in [2.45, 2.75) is 0 Å². The van der Waals surface area contributed by atoms with Crippen molar-refractivity contribution >= 4 is 87.0 Å². The zero-order chi connectivity index (χ0) is 29.9. The van der Waals surface area contributed by atoms with Gasteiger partial charge in [0.05, 0.1) is 0 Å². The van der Waals surface area contributed by atoms with E-state index in [1.165, 1.54) is 43.1 Å². The molecule has 0 radical (unpaired) electrons. The fourth-order valence-corrected chi connectivity index (χ4v) is 8.09. The predicted molar refractivity (Wildman–Crippen MR) is 199 cm³/mol. The highest BCUT2D eigenvalue weighted by Crippen LogP contribution is 2.52. The van der Waals surface area contributed by atoms with Gasteiger partial charge < -0.3 is 16.3 Å². The van der Waals surface area contributed by atoms with Crippen molar-refractivity contribution in [3.8, 4) is 22.3 Å². The molecule has 0 aliphatic rings. The van der Waals surface area contributed by atoms with Crippen LogP contribution in [0.4, 0.5) is 0 Å². The van der Waals surface area contributed by atoms with E-state index < -0.39 is 0 Å². The third-order valence-electron chi connectivity index (χ3n) is 9.97. The van der Waals surface area contributed by atoms with Crippen LogP contribution in [0.3, 0.4) is 0 Å². The summed E-state index contributed by atoms with van der Waals surface area (Å²) in [4.78, 5) is 0. The normalized spacial score (nSPS) is 12.1. The molecule has 0 unspecified atom stereocenters. The first kappa shape index (κ1) is 26.1. The molecule has 0 atom stereocenters. The Hall–Kier alpha value is -6.12. The molecule has 11 aromatic rings. The van der Waals surface area contributed by atoms with Gasteiger partial charge in [-0.05, 0) is 55.6 Å². The van der Waals surface area contributed by atoms with Gasteiger partial charge in [-0.3, -0.25) is 0 Å². The van der Waals surface area contributed by atoms with E-state index in [-0.39, 0.29) is 7.43 Å². The van der Waals surface area contributed by atoms with Gasteiger partial charge in [0.1, 0.15) is 22.3 Å². The van der Waals surface area contributed by atoms with E-state index in [9.17, 15) is 0 Å². The van der Waals surface area contributed by atoms with E-state index in [1.807, 2.05) is 0 Å². The minimum atomic E-state index is 0. The van der Waals surface area contributed by atoms with Crippen LogP contribution in [0.15, 0.2) is 154 Å². The molecule has 2 nitrogen and oxygen atoms in total. The number of hydrogen-bond acceptors (Lipinski definition) is 2. The summed E-state index contributed by atoms with van der Waals surface area (Å²) in [5, 5.41) is 14.1. The Kier molecular flexibility index (Phi) is 5.25. The number of hydrogen-bond donors (Lipinski definition) is 0. The highest BCUT2D eigenvalue weighted by atomic mass is 16.3. The standard InChI is InChI=1S/C44H24O2.CH3/c1-3-9-25(10-4-1)37-41-31-21-17-27-13-7-15-29-20-24-34(39(31)35(27)29)46-44(41)38(26-11-5-2-6-12-26)42-32-22-18-28-14-8-16-30-19-23-33(45-43(37)42)40(32)36(28)30;/h1-24H;1H3/q;-1. The van der Waals surface area contributed by atoms with Gasteiger partial charge in [0.15, 0.2) is 0 Å². The second-order valence-electron chi connectivity index (χ2n) is 12.4. The minimum Gasteiger partial charge on any atom is -0.455 e. The van der Waals surface area contributed by atoms with Crippen LogP contribution in [-0.2, 0) is 0 Å². The molecule has 47 heavy (non-hydrogen) atoms. The lowest BCUT2D eigenvalue weighted by Gasteiger charge is -2.21. The summed E-state index contributed by atoms with van der Waals surface area (Å²) in [6, 6.07) is 52.1. The Morgan fingerprint density at radius 1 is 0.298 bits per heavy atom. The van der Waals surface area contributed by atoms with Gasteiger partial charge in [0.25, 0.3) is 0 Å². The first-order valence-electron chi connectivity index (χ1n) is 15.8. The van der Waals surface area contributed by atoms with Crippen molar-refractivity contribution in [3.63, 3.8) is 0 Å². The average molecular weight is 600 g/mol. The predicted octanol–water partition coefficient (Wildman–Crippen LogP) is 13.3. The molecule has 220 valence electrons. The summed E-state index contributed by atoms with van der Waals surface area (Å²) in [7, 11) is 0. The summed E-state index contributed by atoms with van der Waals surface area (Å²) in [5.41, 5.74) is 7.81. The van der Waals surface area contributed by atoms with Crippen molar-refractivity contribution in [1.82, 2.24) is 0 Å². The van der Waals surface area contributed by atoms with E-state index in [0.29, 0.717) is 0 Å². The van der Waals surface area contributed by atoms with Crippen LogP contribution < -0.4 is 0 Å². The van der Waals surface area contributed by atoms with Crippen molar-refractivity contribution in [2.75, 3.05) is 0 Å². The zero-order valence-electron chi connectivity index (χ0n) is 25.7. The second kappa shape index (κ2) is 9.45. The van der Waals surface area contributed by atoms with Gasteiger partial charge in [0.2, 0.25) is 0 Å². The molecular formula is C45H27O2-. The smallest absolute Gasteiger partial charge is 0.144 e. The molecule has 0 spiro atoms. The number of fused-ring (bicyclic) bond motifs is 4. The summed E-state index contributed by atoms with van der Waals surface area (Å²) in [6.45, 7) is 0. The van der Waals surface area contributed by atoms with Crippen LogP contribution in [0.2, 0.25) is 0 Å². The largest absolute Gasteiger partial charge is 0.455 e. The van der Waals surface area contributed by atoms with Gasteiger partial charge in [-0.1, -0.05) is 133 Å². The third kappa shape index (κ3) is 3.39. The highest BCUT2D eigenvalue weighted by molar-refractivity contribution is 6.36. The minimum absolute atomic E-state index is 0. The Labute approximate surface area is 270 Å². The summed E-state index contributed by atoms with van der Waals surface area (Å²) >= 11 is 0. The van der Waals surface area contributed by atoms with Gasteiger partial charge >= 0.3 is 0 Å². The lowest BCUT2D eigenvalue weighted by atomic mass is 9.85. The molecule has 2 aromatic heterocycles. The van der Waals surface area contributed by atoms with E-state index in [2.05, 4.69) is 146 Å². The van der Waals surface area contributed by atoms with Crippen LogP contribution in [0, 0.1) is 7.43 Å². The molecule has 0 fully saturated rings. The van der Waals surface area contributed by atoms with E-state index in [0.717, 1.165) is 66.1 Å². The first-order chi connectivity index (χ1) is 22.8. The Balaban J connectivity index is 0.00000285. The van der Waals surface area contributed by atoms with E-state index >= 15 is 0 Å². The third-order valence-corrected chi connectivity index (χ3v) is 9.97. The number of benzene rings is 9. The SMILES string of the molecule is [CH3-].c1ccc(-c2c3oc4ccc5cccc6ccc(c3c(-c3ccccc3)c3oc7ccc8cccc9ccc(c23)c7c89)c4c56)cc1. The molecule has 0 bridgehead atoms. The summed E-state index contributed by atoms with van der Waals surface area (Å²) < 4.78 is 14.4. The lowest BCUT2D eigenvalue weighted by Crippen LogP contribution is -1.95. The van der Waals surface area contributed by atoms with Crippen LogP contribution in [0.1, 0.15) is 0 Å². The molecule has 0 N–H and O–H groups in total. The number of rotatable bonds is 2. The second-order valence-corrected chi connectivity index (χ2v) is 12.4. The monoisotopic (exact) mass is 599 g/mol. The first-order valence-corrected chi connectivity index (χ1v) is 15.8. The quantitative estimate of drug-likeness (QED) is 0.112. The topological polar surface area (TPSA) is 26.3 Å². The summed E-state index contributed by atoms with van der Waals surface area (Å²) in [5.74, 6) is 0. The molecule has 0 saturated carbocycles. The van der Waals surface area contributed by atoms with E-state index in [4.69, 9.17) is 8.83 Å². The van der Waals surface area contributed by atoms with Crippen LogP contribution in [-0.4, -0.2) is 0 Å². The van der Waals surface area contributed by atoms with E-state index in [1.54, 1.807) is 0 Å². The molecule has 0 aliphatic carbocycles.